The molecule has 0 aliphatic carbocycles. The molecule has 0 N–H and O–H groups in total. The largest absolute Gasteiger partial charge is 0.487 e. The van der Waals surface area contributed by atoms with Crippen molar-refractivity contribution in [3.63, 3.8) is 0 Å². The summed E-state index contributed by atoms with van der Waals surface area (Å²) in [4.78, 5) is 3.95. The number of halogens is 3. The highest BCUT2D eigenvalue weighted by atomic mass is 35.5. The van der Waals surface area contributed by atoms with Gasteiger partial charge in [-0.1, -0.05) is 24.0 Å². The van der Waals surface area contributed by atoms with Gasteiger partial charge in [-0.3, -0.25) is 4.98 Å². The van der Waals surface area contributed by atoms with Gasteiger partial charge >= 0.3 is 0 Å². The Morgan fingerprint density at radius 2 is 2.10 bits per heavy atom. The summed E-state index contributed by atoms with van der Waals surface area (Å²) in [6.07, 6.45) is 3.04. The normalized spacial score (nSPS) is 9.75. The van der Waals surface area contributed by atoms with Crippen molar-refractivity contribution in [2.24, 2.45) is 0 Å². The second-order valence-electron chi connectivity index (χ2n) is 3.85. The van der Waals surface area contributed by atoms with Crippen molar-refractivity contribution >= 4 is 11.6 Å². The third-order valence-corrected chi connectivity index (χ3v) is 2.57. The molecule has 0 atom stereocenters. The van der Waals surface area contributed by atoms with Crippen molar-refractivity contribution in [3.8, 4) is 17.6 Å². The van der Waals surface area contributed by atoms with Crippen LogP contribution in [0.15, 0.2) is 36.7 Å². The summed E-state index contributed by atoms with van der Waals surface area (Å²) in [5.74, 6) is 4.33. The third kappa shape index (κ3) is 3.69. The maximum atomic E-state index is 13.4. The van der Waals surface area contributed by atoms with Gasteiger partial charge < -0.3 is 4.74 Å². The van der Waals surface area contributed by atoms with Crippen LogP contribution in [0.1, 0.15) is 11.1 Å². The van der Waals surface area contributed by atoms with Crippen molar-refractivity contribution in [3.05, 3.63) is 59.4 Å². The molecule has 0 aliphatic heterocycles. The van der Waals surface area contributed by atoms with Crippen LogP contribution in [0.25, 0.3) is 0 Å². The van der Waals surface area contributed by atoms with Gasteiger partial charge in [0.2, 0.25) is 0 Å². The average molecular weight is 294 g/mol. The Bertz CT molecular complexity index is 664. The van der Waals surface area contributed by atoms with Gasteiger partial charge in [0, 0.05) is 17.3 Å². The number of hydrogen-bond acceptors (Lipinski definition) is 2. The van der Waals surface area contributed by atoms with E-state index in [0.29, 0.717) is 11.3 Å². The predicted molar refractivity (Wildman–Crippen MR) is 72.5 cm³/mol. The second-order valence-corrected chi connectivity index (χ2v) is 4.11. The lowest BCUT2D eigenvalue weighted by Gasteiger charge is -2.07. The molecule has 0 fully saturated rings. The minimum absolute atomic E-state index is 0.0857. The molecule has 0 saturated heterocycles. The molecule has 102 valence electrons. The molecule has 0 aliphatic rings. The van der Waals surface area contributed by atoms with Gasteiger partial charge in [-0.2, -0.15) is 0 Å². The van der Waals surface area contributed by atoms with Crippen molar-refractivity contribution in [1.29, 1.82) is 0 Å². The number of nitrogens with zero attached hydrogens (tertiary/aromatic N) is 1. The highest BCUT2D eigenvalue weighted by Crippen LogP contribution is 2.16. The van der Waals surface area contributed by atoms with Crippen LogP contribution in [-0.4, -0.2) is 10.9 Å². The number of benzene rings is 1. The zero-order valence-corrected chi connectivity index (χ0v) is 11.1. The van der Waals surface area contributed by atoms with E-state index >= 15 is 0 Å². The number of rotatable bonds is 3. The number of ether oxygens (including phenoxy) is 1. The number of aromatic nitrogens is 1. The maximum Gasteiger partial charge on any atom is 0.165 e. The molecule has 0 bridgehead atoms. The van der Waals surface area contributed by atoms with Gasteiger partial charge in [-0.15, -0.1) is 11.6 Å². The first-order chi connectivity index (χ1) is 9.70. The lowest BCUT2D eigenvalue weighted by atomic mass is 10.2. The first kappa shape index (κ1) is 14.3. The number of hydrogen-bond donors (Lipinski definition) is 0. The third-order valence-electron chi connectivity index (χ3n) is 2.44. The number of alkyl halides is 1. The summed E-state index contributed by atoms with van der Waals surface area (Å²) >= 11 is 5.46. The van der Waals surface area contributed by atoms with Crippen molar-refractivity contribution < 1.29 is 13.5 Å². The van der Waals surface area contributed by atoms with E-state index < -0.39 is 11.6 Å². The topological polar surface area (TPSA) is 22.1 Å². The molecule has 2 rings (SSSR count). The van der Waals surface area contributed by atoms with Crippen LogP contribution in [0.3, 0.4) is 0 Å². The first-order valence-electron chi connectivity index (χ1n) is 5.76. The molecule has 0 spiro atoms. The van der Waals surface area contributed by atoms with Crippen LogP contribution in [0.4, 0.5) is 8.78 Å². The van der Waals surface area contributed by atoms with E-state index in [0.717, 1.165) is 6.07 Å². The molecular formula is C15H10ClF2NO. The molecule has 0 amide bonds. The first-order valence-corrected chi connectivity index (χ1v) is 6.29. The molecule has 1 heterocycles. The van der Waals surface area contributed by atoms with Crippen LogP contribution in [-0.2, 0) is 6.61 Å². The van der Waals surface area contributed by atoms with Gasteiger partial charge in [-0.25, -0.2) is 8.78 Å². The quantitative estimate of drug-likeness (QED) is 0.638. The van der Waals surface area contributed by atoms with E-state index in [2.05, 4.69) is 16.8 Å². The second kappa shape index (κ2) is 6.88. The standard InChI is InChI=1S/C15H10ClF2NO/c16-6-2-3-11-7-13(9-19-8-11)20-10-12-4-1-5-14(17)15(12)18/h1,4-5,7-9H,6,10H2. The van der Waals surface area contributed by atoms with Crippen LogP contribution in [0.2, 0.25) is 0 Å². The van der Waals surface area contributed by atoms with E-state index in [1.54, 1.807) is 12.3 Å². The summed E-state index contributed by atoms with van der Waals surface area (Å²) in [5.41, 5.74) is 0.783. The zero-order valence-electron chi connectivity index (χ0n) is 10.4. The van der Waals surface area contributed by atoms with Crippen LogP contribution in [0, 0.1) is 23.5 Å². The Balaban J connectivity index is 2.09. The van der Waals surface area contributed by atoms with Crippen LogP contribution >= 0.6 is 11.6 Å². The highest BCUT2D eigenvalue weighted by molar-refractivity contribution is 6.19. The minimum atomic E-state index is -0.904. The van der Waals surface area contributed by atoms with E-state index in [1.807, 2.05) is 0 Å². The Hall–Kier alpha value is -2.12. The van der Waals surface area contributed by atoms with Crippen LogP contribution < -0.4 is 4.74 Å². The van der Waals surface area contributed by atoms with Crippen molar-refractivity contribution in [2.45, 2.75) is 6.61 Å². The average Bonchev–Trinajstić information content (AvgIpc) is 2.47. The summed E-state index contributed by atoms with van der Waals surface area (Å²) in [6.45, 7) is -0.0857. The molecule has 5 heteroatoms. The van der Waals surface area contributed by atoms with Crippen molar-refractivity contribution in [1.82, 2.24) is 4.98 Å². The predicted octanol–water partition coefficient (Wildman–Crippen LogP) is 3.53. The molecule has 1 aromatic carbocycles. The fourth-order valence-electron chi connectivity index (χ4n) is 1.52. The van der Waals surface area contributed by atoms with E-state index in [9.17, 15) is 8.78 Å². The van der Waals surface area contributed by atoms with Gasteiger partial charge in [0.15, 0.2) is 11.6 Å². The fourth-order valence-corrected chi connectivity index (χ4v) is 1.59. The van der Waals surface area contributed by atoms with E-state index in [-0.39, 0.29) is 18.1 Å². The maximum absolute atomic E-state index is 13.4. The van der Waals surface area contributed by atoms with Crippen LogP contribution in [0.5, 0.6) is 5.75 Å². The molecule has 0 unspecified atom stereocenters. The zero-order chi connectivity index (χ0) is 14.4. The Morgan fingerprint density at radius 1 is 1.25 bits per heavy atom. The van der Waals surface area contributed by atoms with E-state index in [1.165, 1.54) is 18.3 Å². The fraction of sp³-hybridized carbons (Fsp3) is 0.133. The molecule has 0 radical (unpaired) electrons. The SMILES string of the molecule is Fc1cccc(COc2cncc(C#CCCl)c2)c1F. The summed E-state index contributed by atoms with van der Waals surface area (Å²) in [6, 6.07) is 5.60. The van der Waals surface area contributed by atoms with E-state index in [4.69, 9.17) is 16.3 Å². The van der Waals surface area contributed by atoms with Gasteiger partial charge in [-0.05, 0) is 12.1 Å². The molecule has 0 saturated carbocycles. The van der Waals surface area contributed by atoms with Gasteiger partial charge in [0.1, 0.15) is 12.4 Å². The Labute approximate surface area is 120 Å². The smallest absolute Gasteiger partial charge is 0.165 e. The van der Waals surface area contributed by atoms with Gasteiger partial charge in [0.05, 0.1) is 12.1 Å². The minimum Gasteiger partial charge on any atom is -0.487 e. The lowest BCUT2D eigenvalue weighted by molar-refractivity contribution is 0.296. The molecule has 20 heavy (non-hydrogen) atoms. The summed E-state index contributed by atoms with van der Waals surface area (Å²) in [7, 11) is 0. The molecule has 1 aromatic heterocycles. The highest BCUT2D eigenvalue weighted by Gasteiger charge is 2.08. The van der Waals surface area contributed by atoms with Gasteiger partial charge in [0.25, 0.3) is 0 Å². The Morgan fingerprint density at radius 3 is 2.90 bits per heavy atom. The summed E-state index contributed by atoms with van der Waals surface area (Å²) in [5, 5.41) is 0. The monoisotopic (exact) mass is 293 g/mol. The van der Waals surface area contributed by atoms with Crippen molar-refractivity contribution in [2.75, 3.05) is 5.88 Å². The number of pyridine rings is 1. The molecule has 2 aromatic rings. The Kier molecular flexibility index (Phi) is 4.91. The summed E-state index contributed by atoms with van der Waals surface area (Å²) < 4.78 is 31.9. The molecular weight excluding hydrogens is 284 g/mol. The lowest BCUT2D eigenvalue weighted by Crippen LogP contribution is -2.00. The molecule has 2 nitrogen and oxygen atoms in total.